The van der Waals surface area contributed by atoms with E-state index in [0.29, 0.717) is 11.8 Å². The van der Waals surface area contributed by atoms with Gasteiger partial charge in [0, 0.05) is 5.54 Å². The minimum Gasteiger partial charge on any atom is -0.312 e. The van der Waals surface area contributed by atoms with Crippen molar-refractivity contribution in [1.29, 1.82) is 0 Å². The molecule has 2 atom stereocenters. The van der Waals surface area contributed by atoms with Crippen molar-refractivity contribution in [3.8, 4) is 0 Å². The molecule has 1 nitrogen and oxygen atoms in total. The minimum absolute atomic E-state index is 0.198. The standard InChI is InChI=1S/C19H33N/c1-14(13-20-19(6,7)8)15(2)16-9-11-17(12-10-16)18(3,4)5/h9-12,14-15,20H,13H2,1-8H3. The topological polar surface area (TPSA) is 12.0 Å². The van der Waals surface area contributed by atoms with Crippen LogP contribution >= 0.6 is 0 Å². The molecule has 1 N–H and O–H groups in total. The van der Waals surface area contributed by atoms with Crippen molar-refractivity contribution in [3.05, 3.63) is 35.4 Å². The lowest BCUT2D eigenvalue weighted by atomic mass is 9.83. The maximum Gasteiger partial charge on any atom is 0.00966 e. The third-order valence-corrected chi connectivity index (χ3v) is 4.11. The zero-order valence-electron chi connectivity index (χ0n) is 14.7. The second-order valence-electron chi connectivity index (χ2n) is 8.27. The lowest BCUT2D eigenvalue weighted by Crippen LogP contribution is -2.39. The molecule has 0 amide bonds. The summed E-state index contributed by atoms with van der Waals surface area (Å²) >= 11 is 0. The summed E-state index contributed by atoms with van der Waals surface area (Å²) in [6.45, 7) is 19.2. The average molecular weight is 275 g/mol. The molecule has 0 aliphatic carbocycles. The zero-order chi connectivity index (χ0) is 15.6. The first-order valence-electron chi connectivity index (χ1n) is 7.86. The molecule has 20 heavy (non-hydrogen) atoms. The van der Waals surface area contributed by atoms with E-state index in [1.807, 2.05) is 0 Å². The Hall–Kier alpha value is -0.820. The van der Waals surface area contributed by atoms with Crippen molar-refractivity contribution in [2.45, 2.75) is 72.3 Å². The SMILES string of the molecule is CC(CNC(C)(C)C)C(C)c1ccc(C(C)(C)C)cc1. The van der Waals surface area contributed by atoms with Crippen LogP contribution in [0, 0.1) is 5.92 Å². The van der Waals surface area contributed by atoms with Gasteiger partial charge in [0.05, 0.1) is 0 Å². The van der Waals surface area contributed by atoms with Gasteiger partial charge in [0.1, 0.15) is 0 Å². The first-order valence-corrected chi connectivity index (χ1v) is 7.86. The van der Waals surface area contributed by atoms with Gasteiger partial charge in [0.2, 0.25) is 0 Å². The summed E-state index contributed by atoms with van der Waals surface area (Å²) in [4.78, 5) is 0. The van der Waals surface area contributed by atoms with Crippen LogP contribution in [0.25, 0.3) is 0 Å². The highest BCUT2D eigenvalue weighted by Gasteiger charge is 2.18. The van der Waals surface area contributed by atoms with Gasteiger partial charge < -0.3 is 5.32 Å². The van der Waals surface area contributed by atoms with Gasteiger partial charge in [-0.25, -0.2) is 0 Å². The third kappa shape index (κ3) is 5.28. The first-order chi connectivity index (χ1) is 9.00. The number of rotatable bonds is 4. The summed E-state index contributed by atoms with van der Waals surface area (Å²) in [5.41, 5.74) is 3.29. The molecule has 0 aliphatic rings. The van der Waals surface area contributed by atoms with Gasteiger partial charge in [-0.15, -0.1) is 0 Å². The molecular formula is C19H33N. The van der Waals surface area contributed by atoms with Crippen LogP contribution in [0.1, 0.15) is 72.4 Å². The molecule has 0 saturated heterocycles. The first kappa shape index (κ1) is 17.2. The predicted octanol–water partition coefficient (Wildman–Crippen LogP) is 5.11. The molecule has 2 unspecified atom stereocenters. The van der Waals surface area contributed by atoms with Crippen LogP contribution in [0.2, 0.25) is 0 Å². The van der Waals surface area contributed by atoms with E-state index in [4.69, 9.17) is 0 Å². The molecule has 0 aliphatic heterocycles. The van der Waals surface area contributed by atoms with Gasteiger partial charge in [0.15, 0.2) is 0 Å². The highest BCUT2D eigenvalue weighted by atomic mass is 14.9. The van der Waals surface area contributed by atoms with E-state index >= 15 is 0 Å². The fourth-order valence-corrected chi connectivity index (χ4v) is 2.26. The summed E-state index contributed by atoms with van der Waals surface area (Å²) in [6, 6.07) is 9.18. The third-order valence-electron chi connectivity index (χ3n) is 4.11. The van der Waals surface area contributed by atoms with Crippen molar-refractivity contribution >= 4 is 0 Å². The van der Waals surface area contributed by atoms with Gasteiger partial charge in [-0.05, 0) is 55.7 Å². The van der Waals surface area contributed by atoms with Crippen LogP contribution in [0.3, 0.4) is 0 Å². The molecular weight excluding hydrogens is 242 g/mol. The van der Waals surface area contributed by atoms with E-state index in [2.05, 4.69) is 85.0 Å². The van der Waals surface area contributed by atoms with E-state index in [1.165, 1.54) is 11.1 Å². The number of benzene rings is 1. The Bertz CT molecular complexity index is 403. The van der Waals surface area contributed by atoms with Gasteiger partial charge in [-0.1, -0.05) is 58.9 Å². The molecule has 0 radical (unpaired) electrons. The van der Waals surface area contributed by atoms with Gasteiger partial charge in [-0.2, -0.15) is 0 Å². The highest BCUT2D eigenvalue weighted by molar-refractivity contribution is 5.29. The lowest BCUT2D eigenvalue weighted by Gasteiger charge is -2.27. The second kappa shape index (κ2) is 6.30. The number of hydrogen-bond acceptors (Lipinski definition) is 1. The second-order valence-corrected chi connectivity index (χ2v) is 8.27. The molecule has 0 heterocycles. The molecule has 0 spiro atoms. The minimum atomic E-state index is 0.198. The summed E-state index contributed by atoms with van der Waals surface area (Å²) < 4.78 is 0. The van der Waals surface area contributed by atoms with Crippen LogP contribution in [-0.4, -0.2) is 12.1 Å². The van der Waals surface area contributed by atoms with Crippen molar-refractivity contribution in [2.24, 2.45) is 5.92 Å². The summed E-state index contributed by atoms with van der Waals surface area (Å²) in [6.07, 6.45) is 0. The van der Waals surface area contributed by atoms with Crippen LogP contribution in [0.5, 0.6) is 0 Å². The highest BCUT2D eigenvalue weighted by Crippen LogP contribution is 2.27. The van der Waals surface area contributed by atoms with Crippen molar-refractivity contribution in [3.63, 3.8) is 0 Å². The summed E-state index contributed by atoms with van der Waals surface area (Å²) in [7, 11) is 0. The Morgan fingerprint density at radius 3 is 1.80 bits per heavy atom. The maximum atomic E-state index is 3.61. The van der Waals surface area contributed by atoms with Gasteiger partial charge in [-0.3, -0.25) is 0 Å². The van der Waals surface area contributed by atoms with Crippen molar-refractivity contribution in [1.82, 2.24) is 5.32 Å². The van der Waals surface area contributed by atoms with Crippen molar-refractivity contribution in [2.75, 3.05) is 6.54 Å². The quantitative estimate of drug-likeness (QED) is 0.805. The van der Waals surface area contributed by atoms with Gasteiger partial charge >= 0.3 is 0 Å². The largest absolute Gasteiger partial charge is 0.312 e. The molecule has 1 heteroatoms. The Kier molecular flexibility index (Phi) is 5.43. The zero-order valence-corrected chi connectivity index (χ0v) is 14.7. The lowest BCUT2D eigenvalue weighted by molar-refractivity contribution is 0.359. The number of nitrogens with one attached hydrogen (secondary N) is 1. The Morgan fingerprint density at radius 2 is 1.40 bits per heavy atom. The predicted molar refractivity (Wildman–Crippen MR) is 90.5 cm³/mol. The molecule has 0 saturated carbocycles. The smallest absolute Gasteiger partial charge is 0.00966 e. The number of hydrogen-bond donors (Lipinski definition) is 1. The molecule has 1 aromatic carbocycles. The van der Waals surface area contributed by atoms with Crippen LogP contribution in [0.4, 0.5) is 0 Å². The maximum absolute atomic E-state index is 3.61. The summed E-state index contributed by atoms with van der Waals surface area (Å²) in [5.74, 6) is 1.22. The Balaban J connectivity index is 2.70. The van der Waals surface area contributed by atoms with E-state index in [9.17, 15) is 0 Å². The fraction of sp³-hybridized carbons (Fsp3) is 0.684. The van der Waals surface area contributed by atoms with Crippen LogP contribution < -0.4 is 5.32 Å². The summed E-state index contributed by atoms with van der Waals surface area (Å²) in [5, 5.41) is 3.61. The van der Waals surface area contributed by atoms with Gasteiger partial charge in [0.25, 0.3) is 0 Å². The van der Waals surface area contributed by atoms with Crippen LogP contribution in [-0.2, 0) is 5.41 Å². The van der Waals surface area contributed by atoms with Crippen molar-refractivity contribution < 1.29 is 0 Å². The molecule has 0 fully saturated rings. The Morgan fingerprint density at radius 1 is 0.900 bits per heavy atom. The Labute approximate surface area is 126 Å². The fourth-order valence-electron chi connectivity index (χ4n) is 2.26. The molecule has 1 rings (SSSR count). The molecule has 0 aromatic heterocycles. The monoisotopic (exact) mass is 275 g/mol. The normalized spacial score (nSPS) is 16.0. The molecule has 1 aromatic rings. The average Bonchev–Trinajstić information content (AvgIpc) is 2.33. The van der Waals surface area contributed by atoms with E-state index in [1.54, 1.807) is 0 Å². The van der Waals surface area contributed by atoms with Crippen LogP contribution in [0.15, 0.2) is 24.3 Å². The van der Waals surface area contributed by atoms with E-state index < -0.39 is 0 Å². The molecule has 114 valence electrons. The molecule has 0 bridgehead atoms. The van der Waals surface area contributed by atoms with E-state index in [0.717, 1.165) is 6.54 Å². The van der Waals surface area contributed by atoms with E-state index in [-0.39, 0.29) is 11.0 Å².